The van der Waals surface area contributed by atoms with E-state index in [0.29, 0.717) is 17.1 Å². The first-order valence-corrected chi connectivity index (χ1v) is 6.26. The van der Waals surface area contributed by atoms with Crippen LogP contribution in [-0.4, -0.2) is 7.11 Å². The summed E-state index contributed by atoms with van der Waals surface area (Å²) < 4.78 is 43.2. The number of nitrogens with one attached hydrogen (secondary N) is 1. The molecule has 0 saturated heterocycles. The molecule has 0 aliphatic carbocycles. The number of ether oxygens (including phenoxy) is 1. The maximum atomic E-state index is 12.7. The van der Waals surface area contributed by atoms with E-state index in [4.69, 9.17) is 22.1 Å². The third-order valence-electron chi connectivity index (χ3n) is 2.81. The molecule has 2 aromatic rings. The van der Waals surface area contributed by atoms with Crippen LogP contribution in [0, 0.1) is 0 Å². The molecule has 3 nitrogen and oxygen atoms in total. The summed E-state index contributed by atoms with van der Waals surface area (Å²) in [5.41, 5.74) is 5.99. The fraction of sp³-hybridized carbons (Fsp3) is 0.143. The highest BCUT2D eigenvalue weighted by Gasteiger charge is 2.30. The summed E-state index contributed by atoms with van der Waals surface area (Å²) in [4.78, 5) is 0. The topological polar surface area (TPSA) is 47.3 Å². The van der Waals surface area contributed by atoms with Gasteiger partial charge in [-0.3, -0.25) is 0 Å². The Kier molecular flexibility index (Phi) is 4.18. The van der Waals surface area contributed by atoms with E-state index in [2.05, 4.69) is 5.32 Å². The number of rotatable bonds is 3. The van der Waals surface area contributed by atoms with Crippen LogP contribution in [0.15, 0.2) is 36.4 Å². The number of halogens is 4. The van der Waals surface area contributed by atoms with Crippen molar-refractivity contribution in [3.05, 3.63) is 47.0 Å². The number of anilines is 3. The van der Waals surface area contributed by atoms with Crippen LogP contribution in [0.3, 0.4) is 0 Å². The molecule has 0 aliphatic rings. The molecule has 21 heavy (non-hydrogen) atoms. The van der Waals surface area contributed by atoms with Crippen LogP contribution in [0.25, 0.3) is 0 Å². The van der Waals surface area contributed by atoms with Crippen molar-refractivity contribution >= 4 is 28.7 Å². The monoisotopic (exact) mass is 316 g/mol. The quantitative estimate of drug-likeness (QED) is 0.807. The molecule has 0 atom stereocenters. The summed E-state index contributed by atoms with van der Waals surface area (Å²) in [5, 5.41) is 3.00. The van der Waals surface area contributed by atoms with Crippen LogP contribution in [0.1, 0.15) is 5.56 Å². The Balaban J connectivity index is 2.35. The molecule has 0 aromatic heterocycles. The second-order valence-corrected chi connectivity index (χ2v) is 4.68. The molecule has 0 bridgehead atoms. The number of hydrogen-bond acceptors (Lipinski definition) is 3. The van der Waals surface area contributed by atoms with E-state index in [1.54, 1.807) is 18.2 Å². The van der Waals surface area contributed by atoms with Gasteiger partial charge in [0.05, 0.1) is 29.1 Å². The first-order valence-electron chi connectivity index (χ1n) is 5.88. The molecule has 2 rings (SSSR count). The summed E-state index contributed by atoms with van der Waals surface area (Å²) in [6.45, 7) is 0. The average molecular weight is 317 g/mol. The standard InChI is InChI=1S/C14H12ClF3N2O/c1-21-13-7-9(3-5-11(13)19)20-12-6-8(14(16,17)18)2-4-10(12)15/h2-7,20H,19H2,1H3. The summed E-state index contributed by atoms with van der Waals surface area (Å²) in [6.07, 6.45) is -4.43. The molecule has 0 amide bonds. The Labute approximate surface area is 124 Å². The fourth-order valence-electron chi connectivity index (χ4n) is 1.74. The Bertz CT molecular complexity index is 659. The van der Waals surface area contributed by atoms with Crippen LogP contribution in [0.2, 0.25) is 5.02 Å². The van der Waals surface area contributed by atoms with Crippen LogP contribution in [0.5, 0.6) is 5.75 Å². The predicted molar refractivity (Wildman–Crippen MR) is 77.1 cm³/mol. The normalized spacial score (nSPS) is 11.3. The molecule has 0 spiro atoms. The van der Waals surface area contributed by atoms with E-state index in [1.807, 2.05) is 0 Å². The van der Waals surface area contributed by atoms with Crippen molar-refractivity contribution < 1.29 is 17.9 Å². The predicted octanol–water partition coefficient (Wildman–Crippen LogP) is 4.69. The van der Waals surface area contributed by atoms with Crippen molar-refractivity contribution in [1.29, 1.82) is 0 Å². The molecule has 0 saturated carbocycles. The van der Waals surface area contributed by atoms with Gasteiger partial charge in [0, 0.05) is 11.8 Å². The van der Waals surface area contributed by atoms with Gasteiger partial charge in [0.15, 0.2) is 0 Å². The van der Waals surface area contributed by atoms with Gasteiger partial charge in [0.25, 0.3) is 0 Å². The van der Waals surface area contributed by atoms with Gasteiger partial charge >= 0.3 is 6.18 Å². The third-order valence-corrected chi connectivity index (χ3v) is 3.14. The highest BCUT2D eigenvalue weighted by molar-refractivity contribution is 6.33. The molecule has 0 heterocycles. The van der Waals surface area contributed by atoms with E-state index in [-0.39, 0.29) is 10.7 Å². The van der Waals surface area contributed by atoms with Gasteiger partial charge in [0.2, 0.25) is 0 Å². The van der Waals surface area contributed by atoms with Crippen molar-refractivity contribution in [1.82, 2.24) is 0 Å². The highest BCUT2D eigenvalue weighted by atomic mass is 35.5. The average Bonchev–Trinajstić information content (AvgIpc) is 2.42. The number of benzene rings is 2. The van der Waals surface area contributed by atoms with Gasteiger partial charge in [-0.15, -0.1) is 0 Å². The number of nitrogens with two attached hydrogens (primary N) is 1. The zero-order valence-corrected chi connectivity index (χ0v) is 11.7. The molecule has 7 heteroatoms. The Hall–Kier alpha value is -2.08. The van der Waals surface area contributed by atoms with Crippen molar-refractivity contribution in [3.8, 4) is 5.75 Å². The lowest BCUT2D eigenvalue weighted by atomic mass is 10.2. The molecular weight excluding hydrogens is 305 g/mol. The van der Waals surface area contributed by atoms with E-state index >= 15 is 0 Å². The largest absolute Gasteiger partial charge is 0.495 e. The van der Waals surface area contributed by atoms with Crippen molar-refractivity contribution in [2.24, 2.45) is 0 Å². The summed E-state index contributed by atoms with van der Waals surface area (Å²) in [5.74, 6) is 0.420. The third kappa shape index (κ3) is 3.52. The van der Waals surface area contributed by atoms with Gasteiger partial charge in [-0.25, -0.2) is 0 Å². The first kappa shape index (κ1) is 15.3. The van der Waals surface area contributed by atoms with E-state index in [1.165, 1.54) is 13.2 Å². The van der Waals surface area contributed by atoms with Gasteiger partial charge in [-0.05, 0) is 30.3 Å². The minimum atomic E-state index is -4.43. The van der Waals surface area contributed by atoms with E-state index in [0.717, 1.165) is 12.1 Å². The summed E-state index contributed by atoms with van der Waals surface area (Å²) >= 11 is 5.92. The van der Waals surface area contributed by atoms with Gasteiger partial charge in [-0.2, -0.15) is 13.2 Å². The van der Waals surface area contributed by atoms with Gasteiger partial charge in [-0.1, -0.05) is 11.6 Å². The SMILES string of the molecule is COc1cc(Nc2cc(C(F)(F)F)ccc2Cl)ccc1N. The van der Waals surface area contributed by atoms with Crippen molar-refractivity contribution in [3.63, 3.8) is 0 Å². The Morgan fingerprint density at radius 2 is 1.86 bits per heavy atom. The minimum absolute atomic E-state index is 0.151. The molecule has 0 aliphatic heterocycles. The number of methoxy groups -OCH3 is 1. The highest BCUT2D eigenvalue weighted by Crippen LogP contribution is 2.35. The maximum Gasteiger partial charge on any atom is 0.416 e. The Morgan fingerprint density at radius 3 is 2.48 bits per heavy atom. The fourth-order valence-corrected chi connectivity index (χ4v) is 1.91. The van der Waals surface area contributed by atoms with Crippen LogP contribution in [-0.2, 0) is 6.18 Å². The first-order chi connectivity index (χ1) is 9.81. The van der Waals surface area contributed by atoms with Crippen LogP contribution >= 0.6 is 11.6 Å². The molecule has 2 aromatic carbocycles. The molecular formula is C14H12ClF3N2O. The van der Waals surface area contributed by atoms with Crippen molar-refractivity contribution in [2.75, 3.05) is 18.2 Å². The van der Waals surface area contributed by atoms with Crippen molar-refractivity contribution in [2.45, 2.75) is 6.18 Å². The number of alkyl halides is 3. The zero-order valence-electron chi connectivity index (χ0n) is 11.0. The smallest absolute Gasteiger partial charge is 0.416 e. The molecule has 112 valence electrons. The molecule has 0 radical (unpaired) electrons. The van der Waals surface area contributed by atoms with Gasteiger partial charge < -0.3 is 15.8 Å². The Morgan fingerprint density at radius 1 is 1.14 bits per heavy atom. The number of nitrogen functional groups attached to an aromatic ring is 1. The lowest BCUT2D eigenvalue weighted by Gasteiger charge is -2.13. The molecule has 3 N–H and O–H groups in total. The zero-order chi connectivity index (χ0) is 15.6. The van der Waals surface area contributed by atoms with E-state index in [9.17, 15) is 13.2 Å². The second kappa shape index (κ2) is 5.73. The maximum absolute atomic E-state index is 12.7. The summed E-state index contributed by atoms with van der Waals surface area (Å²) in [6, 6.07) is 7.85. The number of hydrogen-bond donors (Lipinski definition) is 2. The minimum Gasteiger partial charge on any atom is -0.495 e. The van der Waals surface area contributed by atoms with E-state index < -0.39 is 11.7 Å². The summed E-state index contributed by atoms with van der Waals surface area (Å²) in [7, 11) is 1.45. The van der Waals surface area contributed by atoms with Crippen LogP contribution < -0.4 is 15.8 Å². The molecule has 0 fully saturated rings. The molecule has 0 unspecified atom stereocenters. The second-order valence-electron chi connectivity index (χ2n) is 4.27. The van der Waals surface area contributed by atoms with Gasteiger partial charge in [0.1, 0.15) is 5.75 Å². The lowest BCUT2D eigenvalue weighted by molar-refractivity contribution is -0.137. The van der Waals surface area contributed by atoms with Crippen LogP contribution in [0.4, 0.5) is 30.2 Å². The lowest BCUT2D eigenvalue weighted by Crippen LogP contribution is -2.05.